The monoisotopic (exact) mass is 381 g/mol. The number of hydrogen-bond acceptors (Lipinski definition) is 6. The molecule has 0 spiro atoms. The van der Waals surface area contributed by atoms with Gasteiger partial charge in [-0.25, -0.2) is 0 Å². The molecule has 7 nitrogen and oxygen atoms in total. The van der Waals surface area contributed by atoms with Crippen molar-refractivity contribution in [3.63, 3.8) is 0 Å². The molecule has 0 bridgehead atoms. The highest BCUT2D eigenvalue weighted by Crippen LogP contribution is 2.26. The van der Waals surface area contributed by atoms with Crippen molar-refractivity contribution in [3.05, 3.63) is 47.7 Å². The van der Waals surface area contributed by atoms with Crippen molar-refractivity contribution < 1.29 is 18.8 Å². The molecule has 4 rings (SSSR count). The fraction of sp³-hybridized carbons (Fsp3) is 0.381. The van der Waals surface area contributed by atoms with Crippen molar-refractivity contribution in [3.8, 4) is 23.0 Å². The molecule has 1 aromatic carbocycles. The SMILES string of the molecule is CC(C)Cc1ccc(-c2nc(-c3ccc(CN4CC(C(=O)O)C4)o3)no2)cc1. The molecule has 1 N–H and O–H groups in total. The van der Waals surface area contributed by atoms with E-state index in [4.69, 9.17) is 14.0 Å². The lowest BCUT2D eigenvalue weighted by molar-refractivity contribution is -0.147. The Hall–Kier alpha value is -2.93. The summed E-state index contributed by atoms with van der Waals surface area (Å²) in [4.78, 5) is 17.3. The van der Waals surface area contributed by atoms with E-state index in [1.807, 2.05) is 29.2 Å². The van der Waals surface area contributed by atoms with Crippen LogP contribution in [0.3, 0.4) is 0 Å². The van der Waals surface area contributed by atoms with Crippen LogP contribution in [-0.2, 0) is 17.8 Å². The average Bonchev–Trinajstić information content (AvgIpc) is 3.27. The molecule has 3 aromatic rings. The minimum absolute atomic E-state index is 0.277. The normalized spacial score (nSPS) is 15.1. The van der Waals surface area contributed by atoms with Crippen LogP contribution in [-0.4, -0.2) is 39.2 Å². The second-order valence-electron chi connectivity index (χ2n) is 7.71. The van der Waals surface area contributed by atoms with Crippen LogP contribution in [0.25, 0.3) is 23.0 Å². The Labute approximate surface area is 163 Å². The Bertz CT molecular complexity index is 952. The van der Waals surface area contributed by atoms with Gasteiger partial charge < -0.3 is 14.0 Å². The Morgan fingerprint density at radius 3 is 2.64 bits per heavy atom. The number of hydrogen-bond donors (Lipinski definition) is 1. The largest absolute Gasteiger partial charge is 0.481 e. The number of carbonyl (C=O) groups is 1. The number of nitrogens with zero attached hydrogens (tertiary/aromatic N) is 3. The summed E-state index contributed by atoms with van der Waals surface area (Å²) in [6.45, 7) is 6.06. The predicted octanol–water partition coefficient (Wildman–Crippen LogP) is 3.71. The maximum absolute atomic E-state index is 10.9. The van der Waals surface area contributed by atoms with E-state index in [0.29, 0.717) is 43.0 Å². The van der Waals surface area contributed by atoms with Crippen molar-refractivity contribution in [2.45, 2.75) is 26.8 Å². The molecule has 0 aliphatic carbocycles. The van der Waals surface area contributed by atoms with Gasteiger partial charge >= 0.3 is 5.97 Å². The zero-order chi connectivity index (χ0) is 19.7. The van der Waals surface area contributed by atoms with Gasteiger partial charge in [0.25, 0.3) is 5.89 Å². The van der Waals surface area contributed by atoms with Crippen LogP contribution < -0.4 is 0 Å². The summed E-state index contributed by atoms with van der Waals surface area (Å²) in [7, 11) is 0. The molecule has 3 heterocycles. The van der Waals surface area contributed by atoms with E-state index in [9.17, 15) is 4.79 Å². The van der Waals surface area contributed by atoms with Gasteiger partial charge in [-0.05, 0) is 42.2 Å². The van der Waals surface area contributed by atoms with Gasteiger partial charge in [-0.1, -0.05) is 31.1 Å². The third-order valence-electron chi connectivity index (χ3n) is 4.84. The molecule has 0 saturated carbocycles. The zero-order valence-electron chi connectivity index (χ0n) is 16.0. The Kier molecular flexibility index (Phi) is 5.00. The van der Waals surface area contributed by atoms with Gasteiger partial charge in [0.1, 0.15) is 5.76 Å². The molecule has 1 saturated heterocycles. The van der Waals surface area contributed by atoms with Crippen LogP contribution in [0.2, 0.25) is 0 Å². The second-order valence-corrected chi connectivity index (χ2v) is 7.71. The number of aliphatic carboxylic acids is 1. The van der Waals surface area contributed by atoms with Gasteiger partial charge in [-0.2, -0.15) is 4.98 Å². The molecule has 0 unspecified atom stereocenters. The van der Waals surface area contributed by atoms with E-state index in [2.05, 4.69) is 36.1 Å². The van der Waals surface area contributed by atoms with Crippen molar-refractivity contribution in [2.75, 3.05) is 13.1 Å². The van der Waals surface area contributed by atoms with Gasteiger partial charge in [0.05, 0.1) is 12.5 Å². The van der Waals surface area contributed by atoms with E-state index in [-0.39, 0.29) is 5.92 Å². The van der Waals surface area contributed by atoms with E-state index < -0.39 is 5.97 Å². The molecule has 1 aliphatic heterocycles. The summed E-state index contributed by atoms with van der Waals surface area (Å²) in [5.41, 5.74) is 2.16. The number of furan rings is 1. The molecule has 28 heavy (non-hydrogen) atoms. The molecule has 7 heteroatoms. The molecule has 2 aromatic heterocycles. The molecule has 0 amide bonds. The predicted molar refractivity (Wildman–Crippen MR) is 102 cm³/mol. The van der Waals surface area contributed by atoms with Gasteiger partial charge in [0.15, 0.2) is 5.76 Å². The lowest BCUT2D eigenvalue weighted by Gasteiger charge is -2.35. The summed E-state index contributed by atoms with van der Waals surface area (Å²) in [5.74, 6) is 1.74. The first-order valence-corrected chi connectivity index (χ1v) is 9.45. The van der Waals surface area contributed by atoms with Gasteiger partial charge in [-0.15, -0.1) is 0 Å². The van der Waals surface area contributed by atoms with E-state index in [1.165, 1.54) is 5.56 Å². The molecular formula is C21H23N3O4. The quantitative estimate of drug-likeness (QED) is 0.667. The summed E-state index contributed by atoms with van der Waals surface area (Å²) >= 11 is 0. The van der Waals surface area contributed by atoms with Gasteiger partial charge in [0.2, 0.25) is 5.82 Å². The van der Waals surface area contributed by atoms with Crippen LogP contribution in [0.15, 0.2) is 45.3 Å². The standard InChI is InChI=1S/C21H23N3O4/c1-13(2)9-14-3-5-15(6-4-14)20-22-19(23-28-20)18-8-7-17(27-18)12-24-10-16(11-24)21(25)26/h3-8,13,16H,9-12H2,1-2H3,(H,25,26). The minimum Gasteiger partial charge on any atom is -0.481 e. The van der Waals surface area contributed by atoms with Crippen LogP contribution >= 0.6 is 0 Å². The van der Waals surface area contributed by atoms with Crippen molar-refractivity contribution in [1.29, 1.82) is 0 Å². The van der Waals surface area contributed by atoms with Gasteiger partial charge in [-0.3, -0.25) is 9.69 Å². The summed E-state index contributed by atoms with van der Waals surface area (Å²) < 4.78 is 11.2. The highest BCUT2D eigenvalue weighted by atomic mass is 16.5. The number of likely N-dealkylation sites (tertiary alicyclic amines) is 1. The van der Waals surface area contributed by atoms with Gasteiger partial charge in [0, 0.05) is 18.7 Å². The number of benzene rings is 1. The smallest absolute Gasteiger partial charge is 0.309 e. The lowest BCUT2D eigenvalue weighted by atomic mass is 10.0. The minimum atomic E-state index is -0.743. The van der Waals surface area contributed by atoms with E-state index >= 15 is 0 Å². The molecule has 1 aliphatic rings. The Balaban J connectivity index is 1.41. The average molecular weight is 381 g/mol. The van der Waals surface area contributed by atoms with Crippen molar-refractivity contribution in [2.24, 2.45) is 11.8 Å². The fourth-order valence-corrected chi connectivity index (χ4v) is 3.35. The van der Waals surface area contributed by atoms with E-state index in [1.54, 1.807) is 0 Å². The Morgan fingerprint density at radius 1 is 1.21 bits per heavy atom. The summed E-state index contributed by atoms with van der Waals surface area (Å²) in [5, 5.41) is 13.0. The molecule has 1 fully saturated rings. The summed E-state index contributed by atoms with van der Waals surface area (Å²) in [6, 6.07) is 11.8. The highest BCUT2D eigenvalue weighted by Gasteiger charge is 2.32. The number of aromatic nitrogens is 2. The first kappa shape index (κ1) is 18.4. The van der Waals surface area contributed by atoms with Crippen molar-refractivity contribution in [1.82, 2.24) is 15.0 Å². The van der Waals surface area contributed by atoms with Crippen molar-refractivity contribution >= 4 is 5.97 Å². The molecule has 0 radical (unpaired) electrons. The summed E-state index contributed by atoms with van der Waals surface area (Å²) in [6.07, 6.45) is 1.04. The number of carboxylic acid groups (broad SMARTS) is 1. The Morgan fingerprint density at radius 2 is 1.96 bits per heavy atom. The van der Waals surface area contributed by atoms with Crippen LogP contribution in [0, 0.1) is 11.8 Å². The molecule has 146 valence electrons. The highest BCUT2D eigenvalue weighted by molar-refractivity contribution is 5.71. The maximum atomic E-state index is 10.9. The fourth-order valence-electron chi connectivity index (χ4n) is 3.35. The topological polar surface area (TPSA) is 92.6 Å². The lowest BCUT2D eigenvalue weighted by Crippen LogP contribution is -2.49. The molecule has 0 atom stereocenters. The number of rotatable bonds is 7. The third kappa shape index (κ3) is 3.99. The second kappa shape index (κ2) is 7.59. The third-order valence-corrected chi connectivity index (χ3v) is 4.84. The first-order chi connectivity index (χ1) is 13.5. The van der Waals surface area contributed by atoms with Crippen LogP contribution in [0.5, 0.6) is 0 Å². The maximum Gasteiger partial charge on any atom is 0.309 e. The van der Waals surface area contributed by atoms with Crippen LogP contribution in [0.1, 0.15) is 25.2 Å². The zero-order valence-corrected chi connectivity index (χ0v) is 16.0. The number of carboxylic acids is 1. The molecular weight excluding hydrogens is 358 g/mol. The first-order valence-electron chi connectivity index (χ1n) is 9.45. The van der Waals surface area contributed by atoms with Crippen LogP contribution in [0.4, 0.5) is 0 Å². The van der Waals surface area contributed by atoms with E-state index in [0.717, 1.165) is 17.7 Å².